The number of amides is 1. The van der Waals surface area contributed by atoms with Crippen molar-refractivity contribution in [3.05, 3.63) is 24.2 Å². The number of piperidine rings is 1. The Morgan fingerprint density at radius 1 is 1.50 bits per heavy atom. The standard InChI is InChI=1S/C13H17NO4/c1-9-4-5-10(13(16)17)8-14(9)12(15)7-11-3-2-6-18-11/h2-3,6,9-10H,4-5,7-8H2,1H3,(H,16,17)/t9-,10+/m0/s1. The zero-order valence-corrected chi connectivity index (χ0v) is 10.3. The molecule has 0 bridgehead atoms. The molecule has 1 fully saturated rings. The third-order valence-corrected chi connectivity index (χ3v) is 3.46. The maximum Gasteiger partial charge on any atom is 0.308 e. The monoisotopic (exact) mass is 251 g/mol. The molecular formula is C13H17NO4. The minimum absolute atomic E-state index is 0.0663. The first-order chi connectivity index (χ1) is 8.58. The third-order valence-electron chi connectivity index (χ3n) is 3.46. The maximum absolute atomic E-state index is 12.1. The molecule has 98 valence electrons. The Balaban J connectivity index is 2.01. The van der Waals surface area contributed by atoms with Crippen LogP contribution in [0, 0.1) is 5.92 Å². The number of furan rings is 1. The van der Waals surface area contributed by atoms with Crippen LogP contribution in [0.5, 0.6) is 0 Å². The predicted molar refractivity (Wildman–Crippen MR) is 63.9 cm³/mol. The van der Waals surface area contributed by atoms with E-state index in [-0.39, 0.29) is 18.4 Å². The first-order valence-corrected chi connectivity index (χ1v) is 6.12. The molecule has 1 aliphatic rings. The first kappa shape index (κ1) is 12.7. The fourth-order valence-corrected chi connectivity index (χ4v) is 2.32. The van der Waals surface area contributed by atoms with Crippen LogP contribution in [0.2, 0.25) is 0 Å². The largest absolute Gasteiger partial charge is 0.481 e. The molecule has 0 aliphatic carbocycles. The van der Waals surface area contributed by atoms with Gasteiger partial charge < -0.3 is 14.4 Å². The van der Waals surface area contributed by atoms with Crippen LogP contribution in [0.4, 0.5) is 0 Å². The predicted octanol–water partition coefficient (Wildman–Crippen LogP) is 1.53. The Morgan fingerprint density at radius 3 is 2.89 bits per heavy atom. The summed E-state index contributed by atoms with van der Waals surface area (Å²) in [6.07, 6.45) is 3.11. The number of likely N-dealkylation sites (tertiary alicyclic amines) is 1. The topological polar surface area (TPSA) is 70.8 Å². The van der Waals surface area contributed by atoms with Gasteiger partial charge in [0, 0.05) is 12.6 Å². The smallest absolute Gasteiger partial charge is 0.308 e. The van der Waals surface area contributed by atoms with E-state index in [9.17, 15) is 9.59 Å². The van der Waals surface area contributed by atoms with Crippen LogP contribution in [0.25, 0.3) is 0 Å². The fourth-order valence-electron chi connectivity index (χ4n) is 2.32. The highest BCUT2D eigenvalue weighted by Gasteiger charge is 2.32. The van der Waals surface area contributed by atoms with Crippen molar-refractivity contribution < 1.29 is 19.1 Å². The summed E-state index contributed by atoms with van der Waals surface area (Å²) in [5.74, 6) is -0.715. The second-order valence-corrected chi connectivity index (χ2v) is 4.76. The molecule has 2 rings (SSSR count). The molecule has 18 heavy (non-hydrogen) atoms. The van der Waals surface area contributed by atoms with Gasteiger partial charge in [-0.05, 0) is 31.9 Å². The normalized spacial score (nSPS) is 23.9. The Bertz CT molecular complexity index is 426. The van der Waals surface area contributed by atoms with Crippen LogP contribution < -0.4 is 0 Å². The van der Waals surface area contributed by atoms with Gasteiger partial charge in [-0.25, -0.2) is 0 Å². The number of carboxylic acids is 1. The van der Waals surface area contributed by atoms with Crippen molar-refractivity contribution in [2.45, 2.75) is 32.2 Å². The molecule has 0 aromatic carbocycles. The Morgan fingerprint density at radius 2 is 2.28 bits per heavy atom. The molecule has 0 spiro atoms. The van der Waals surface area contributed by atoms with E-state index in [4.69, 9.17) is 9.52 Å². The zero-order valence-electron chi connectivity index (χ0n) is 10.3. The van der Waals surface area contributed by atoms with Gasteiger partial charge in [0.1, 0.15) is 5.76 Å². The summed E-state index contributed by atoms with van der Waals surface area (Å²) in [5.41, 5.74) is 0. The van der Waals surface area contributed by atoms with Gasteiger partial charge in [0.15, 0.2) is 0 Å². The summed E-state index contributed by atoms with van der Waals surface area (Å²) >= 11 is 0. The minimum atomic E-state index is -0.822. The van der Waals surface area contributed by atoms with Gasteiger partial charge in [-0.3, -0.25) is 9.59 Å². The van der Waals surface area contributed by atoms with Gasteiger partial charge in [-0.2, -0.15) is 0 Å². The lowest BCUT2D eigenvalue weighted by atomic mass is 9.93. The molecule has 1 aliphatic heterocycles. The summed E-state index contributed by atoms with van der Waals surface area (Å²) in [7, 11) is 0. The van der Waals surface area contributed by atoms with Crippen molar-refractivity contribution in [1.82, 2.24) is 4.90 Å². The summed E-state index contributed by atoms with van der Waals surface area (Å²) in [6.45, 7) is 2.26. The summed E-state index contributed by atoms with van der Waals surface area (Å²) < 4.78 is 5.14. The van der Waals surface area contributed by atoms with Gasteiger partial charge in [-0.1, -0.05) is 0 Å². The molecule has 0 unspecified atom stereocenters. The van der Waals surface area contributed by atoms with E-state index in [1.807, 2.05) is 6.92 Å². The van der Waals surface area contributed by atoms with E-state index in [0.717, 1.165) is 6.42 Å². The average Bonchev–Trinajstić information content (AvgIpc) is 2.81. The third kappa shape index (κ3) is 2.72. The highest BCUT2D eigenvalue weighted by atomic mass is 16.4. The van der Waals surface area contributed by atoms with Crippen LogP contribution in [0.15, 0.2) is 22.8 Å². The maximum atomic E-state index is 12.1. The lowest BCUT2D eigenvalue weighted by Crippen LogP contribution is -2.47. The van der Waals surface area contributed by atoms with E-state index < -0.39 is 11.9 Å². The zero-order chi connectivity index (χ0) is 13.1. The second-order valence-electron chi connectivity index (χ2n) is 4.76. The van der Waals surface area contributed by atoms with Crippen LogP contribution in [0.3, 0.4) is 0 Å². The molecule has 1 aromatic heterocycles. The van der Waals surface area contributed by atoms with Crippen molar-refractivity contribution in [2.24, 2.45) is 5.92 Å². The Labute approximate surface area is 105 Å². The van der Waals surface area contributed by atoms with Gasteiger partial charge >= 0.3 is 5.97 Å². The highest BCUT2D eigenvalue weighted by molar-refractivity contribution is 5.80. The molecule has 0 saturated carbocycles. The molecule has 1 N–H and O–H groups in total. The van der Waals surface area contributed by atoms with Crippen LogP contribution in [-0.4, -0.2) is 34.5 Å². The first-order valence-electron chi connectivity index (χ1n) is 6.12. The van der Waals surface area contributed by atoms with Gasteiger partial charge in [0.25, 0.3) is 0 Å². The fraction of sp³-hybridized carbons (Fsp3) is 0.538. The van der Waals surface area contributed by atoms with Gasteiger partial charge in [0.05, 0.1) is 18.6 Å². The van der Waals surface area contributed by atoms with Crippen molar-refractivity contribution in [2.75, 3.05) is 6.54 Å². The number of carbonyl (C=O) groups excluding carboxylic acids is 1. The summed E-state index contributed by atoms with van der Waals surface area (Å²) in [6, 6.07) is 3.59. The molecule has 5 nitrogen and oxygen atoms in total. The van der Waals surface area contributed by atoms with Crippen molar-refractivity contribution >= 4 is 11.9 Å². The van der Waals surface area contributed by atoms with Crippen LogP contribution in [0.1, 0.15) is 25.5 Å². The molecule has 1 amide bonds. The van der Waals surface area contributed by atoms with E-state index >= 15 is 0 Å². The number of nitrogens with zero attached hydrogens (tertiary/aromatic N) is 1. The quantitative estimate of drug-likeness (QED) is 0.884. The minimum Gasteiger partial charge on any atom is -0.481 e. The molecule has 2 atom stereocenters. The molecule has 0 radical (unpaired) electrons. The van der Waals surface area contributed by atoms with E-state index in [0.29, 0.717) is 18.7 Å². The Hall–Kier alpha value is -1.78. The number of rotatable bonds is 3. The van der Waals surface area contributed by atoms with Crippen molar-refractivity contribution in [1.29, 1.82) is 0 Å². The second kappa shape index (κ2) is 5.25. The summed E-state index contributed by atoms with van der Waals surface area (Å²) in [5, 5.41) is 9.02. The molecule has 2 heterocycles. The number of aliphatic carboxylic acids is 1. The highest BCUT2D eigenvalue weighted by Crippen LogP contribution is 2.23. The van der Waals surface area contributed by atoms with Crippen LogP contribution >= 0.6 is 0 Å². The SMILES string of the molecule is C[C@H]1CC[C@@H](C(=O)O)CN1C(=O)Cc1ccco1. The molecule has 1 aromatic rings. The molecular weight excluding hydrogens is 234 g/mol. The van der Waals surface area contributed by atoms with E-state index in [1.165, 1.54) is 6.26 Å². The van der Waals surface area contributed by atoms with Crippen LogP contribution in [-0.2, 0) is 16.0 Å². The van der Waals surface area contributed by atoms with Crippen molar-refractivity contribution in [3.63, 3.8) is 0 Å². The lowest BCUT2D eigenvalue weighted by Gasteiger charge is -2.36. The number of carbonyl (C=O) groups is 2. The number of hydrogen-bond donors (Lipinski definition) is 1. The van der Waals surface area contributed by atoms with E-state index in [1.54, 1.807) is 17.0 Å². The van der Waals surface area contributed by atoms with Crippen molar-refractivity contribution in [3.8, 4) is 0 Å². The number of hydrogen-bond acceptors (Lipinski definition) is 3. The molecule has 5 heteroatoms. The Kier molecular flexibility index (Phi) is 3.69. The number of carboxylic acid groups (broad SMARTS) is 1. The summed E-state index contributed by atoms with van der Waals surface area (Å²) in [4.78, 5) is 24.8. The molecule has 1 saturated heterocycles. The van der Waals surface area contributed by atoms with E-state index in [2.05, 4.69) is 0 Å². The van der Waals surface area contributed by atoms with Gasteiger partial charge in [0.2, 0.25) is 5.91 Å². The lowest BCUT2D eigenvalue weighted by molar-refractivity contribution is -0.147. The van der Waals surface area contributed by atoms with Gasteiger partial charge in [-0.15, -0.1) is 0 Å². The average molecular weight is 251 g/mol.